The van der Waals surface area contributed by atoms with Crippen molar-refractivity contribution in [2.75, 3.05) is 6.61 Å². The molecule has 0 spiro atoms. The molecule has 196 valence electrons. The first-order valence-electron chi connectivity index (χ1n) is 12.5. The lowest BCUT2D eigenvalue weighted by atomic mass is 9.75. The highest BCUT2D eigenvalue weighted by Gasteiger charge is 2.45. The number of nitrogens with one attached hydrogen (secondary N) is 1. The summed E-state index contributed by atoms with van der Waals surface area (Å²) in [6.07, 6.45) is 4.77. The molecule has 2 rings (SSSR count). The van der Waals surface area contributed by atoms with Crippen LogP contribution in [0.3, 0.4) is 0 Å². The number of esters is 1. The van der Waals surface area contributed by atoms with Gasteiger partial charge in [-0.25, -0.2) is 0 Å². The maximum absolute atomic E-state index is 13.6. The number of rotatable bonds is 13. The van der Waals surface area contributed by atoms with Crippen LogP contribution in [0.2, 0.25) is 5.02 Å². The lowest BCUT2D eigenvalue weighted by molar-refractivity contribution is -0.162. The summed E-state index contributed by atoms with van der Waals surface area (Å²) in [6.45, 7) is 7.89. The zero-order chi connectivity index (χ0) is 26.1. The van der Waals surface area contributed by atoms with Crippen LogP contribution in [0.25, 0.3) is 0 Å². The summed E-state index contributed by atoms with van der Waals surface area (Å²) >= 11 is 5.91. The van der Waals surface area contributed by atoms with Gasteiger partial charge in [0.2, 0.25) is 5.91 Å². The number of benzene rings is 1. The van der Waals surface area contributed by atoms with Crippen molar-refractivity contribution in [1.29, 1.82) is 0 Å². The van der Waals surface area contributed by atoms with Crippen LogP contribution in [-0.4, -0.2) is 41.2 Å². The van der Waals surface area contributed by atoms with Crippen molar-refractivity contribution in [2.45, 2.75) is 97.3 Å². The maximum Gasteiger partial charge on any atom is 0.309 e. The zero-order valence-corrected chi connectivity index (χ0v) is 22.2. The van der Waals surface area contributed by atoms with Crippen molar-refractivity contribution in [2.24, 2.45) is 11.3 Å². The number of carbonyl (C=O) groups is 3. The van der Waals surface area contributed by atoms with Gasteiger partial charge in [-0.05, 0) is 64.2 Å². The molecule has 0 saturated heterocycles. The van der Waals surface area contributed by atoms with Crippen molar-refractivity contribution in [3.05, 3.63) is 34.9 Å². The number of hydrogen-bond donors (Lipinski definition) is 2. The van der Waals surface area contributed by atoms with Gasteiger partial charge in [0.15, 0.2) is 0 Å². The molecule has 0 aromatic heterocycles. The molecular weight excluding hydrogens is 470 g/mol. The fraction of sp³-hybridized carbons (Fsp3) is 0.667. The van der Waals surface area contributed by atoms with Crippen LogP contribution in [-0.2, 0) is 30.5 Å². The minimum Gasteiger partial charge on any atom is -0.481 e. The Bertz CT molecular complexity index is 842. The van der Waals surface area contributed by atoms with E-state index >= 15 is 0 Å². The predicted octanol–water partition coefficient (Wildman–Crippen LogP) is 5.52. The summed E-state index contributed by atoms with van der Waals surface area (Å²) < 4.78 is 11.4. The summed E-state index contributed by atoms with van der Waals surface area (Å²) in [4.78, 5) is 37.9. The molecule has 0 radical (unpaired) electrons. The van der Waals surface area contributed by atoms with Crippen LogP contribution in [0.15, 0.2) is 24.3 Å². The summed E-state index contributed by atoms with van der Waals surface area (Å²) in [5.41, 5.74) is -0.395. The van der Waals surface area contributed by atoms with Gasteiger partial charge in [-0.1, -0.05) is 49.9 Å². The van der Waals surface area contributed by atoms with Gasteiger partial charge in [0.05, 0.1) is 37.0 Å². The molecule has 1 aliphatic rings. The van der Waals surface area contributed by atoms with E-state index < -0.39 is 23.0 Å². The van der Waals surface area contributed by atoms with E-state index in [0.717, 1.165) is 24.8 Å². The summed E-state index contributed by atoms with van der Waals surface area (Å²) in [5.74, 6) is -1.85. The number of amides is 1. The van der Waals surface area contributed by atoms with Crippen molar-refractivity contribution >= 4 is 29.4 Å². The van der Waals surface area contributed by atoms with Crippen LogP contribution in [0.4, 0.5) is 0 Å². The minimum absolute atomic E-state index is 0.0706. The van der Waals surface area contributed by atoms with Crippen LogP contribution < -0.4 is 5.32 Å². The molecule has 1 amide bonds. The SMILES string of the molecule is CCC[C@H](CC1(C(=O)N[C@@H](COCc2ccc(Cl)cc2)CC(=O)O)CCCC1)C(=O)OC(C)(C)C. The molecule has 1 aliphatic carbocycles. The Morgan fingerprint density at radius 3 is 2.31 bits per heavy atom. The Hall–Kier alpha value is -2.12. The Morgan fingerprint density at radius 2 is 1.77 bits per heavy atom. The number of aliphatic carboxylic acids is 1. The third-order valence-corrected chi connectivity index (χ3v) is 6.57. The average Bonchev–Trinajstić information content (AvgIpc) is 3.23. The highest BCUT2D eigenvalue weighted by atomic mass is 35.5. The molecule has 0 aliphatic heterocycles. The molecule has 0 bridgehead atoms. The van der Waals surface area contributed by atoms with Gasteiger partial charge in [0, 0.05) is 5.02 Å². The van der Waals surface area contributed by atoms with E-state index in [2.05, 4.69) is 5.32 Å². The Balaban J connectivity index is 2.08. The Morgan fingerprint density at radius 1 is 1.14 bits per heavy atom. The van der Waals surface area contributed by atoms with Gasteiger partial charge < -0.3 is 19.9 Å². The molecule has 8 heteroatoms. The van der Waals surface area contributed by atoms with Crippen molar-refractivity contribution in [1.82, 2.24) is 5.32 Å². The molecule has 1 fully saturated rings. The summed E-state index contributed by atoms with van der Waals surface area (Å²) in [7, 11) is 0. The van der Waals surface area contributed by atoms with Gasteiger partial charge in [-0.3, -0.25) is 14.4 Å². The third-order valence-electron chi connectivity index (χ3n) is 6.31. The highest BCUT2D eigenvalue weighted by molar-refractivity contribution is 6.30. The van der Waals surface area contributed by atoms with E-state index in [1.807, 2.05) is 39.8 Å². The largest absolute Gasteiger partial charge is 0.481 e. The van der Waals surface area contributed by atoms with Gasteiger partial charge in [0.1, 0.15) is 5.60 Å². The fourth-order valence-corrected chi connectivity index (χ4v) is 4.81. The van der Waals surface area contributed by atoms with Gasteiger partial charge in [-0.2, -0.15) is 0 Å². The lowest BCUT2D eigenvalue weighted by Gasteiger charge is -2.33. The lowest BCUT2D eigenvalue weighted by Crippen LogP contribution is -2.48. The molecule has 35 heavy (non-hydrogen) atoms. The molecular formula is C27H40ClNO6. The first-order chi connectivity index (χ1) is 16.4. The third kappa shape index (κ3) is 9.80. The maximum atomic E-state index is 13.6. The molecule has 1 saturated carbocycles. The van der Waals surface area contributed by atoms with Crippen LogP contribution >= 0.6 is 11.6 Å². The molecule has 0 unspecified atom stereocenters. The molecule has 7 nitrogen and oxygen atoms in total. The molecule has 0 heterocycles. The average molecular weight is 510 g/mol. The minimum atomic E-state index is -1.01. The topological polar surface area (TPSA) is 102 Å². The van der Waals surface area contributed by atoms with Gasteiger partial charge in [-0.15, -0.1) is 0 Å². The number of halogens is 1. The second-order valence-corrected chi connectivity index (χ2v) is 11.1. The van der Waals surface area contributed by atoms with E-state index in [1.54, 1.807) is 12.1 Å². The number of carboxylic acids is 1. The number of carbonyl (C=O) groups excluding carboxylic acids is 2. The number of ether oxygens (including phenoxy) is 2. The summed E-state index contributed by atoms with van der Waals surface area (Å²) in [6, 6.07) is 6.53. The first-order valence-corrected chi connectivity index (χ1v) is 12.9. The van der Waals surface area contributed by atoms with Crippen LogP contribution in [0.5, 0.6) is 0 Å². The van der Waals surface area contributed by atoms with Crippen molar-refractivity contribution in [3.8, 4) is 0 Å². The second-order valence-electron chi connectivity index (χ2n) is 10.6. The Labute approximate surface area is 213 Å². The van der Waals surface area contributed by atoms with E-state index in [0.29, 0.717) is 30.7 Å². The Kier molecular flexibility index (Phi) is 11.0. The van der Waals surface area contributed by atoms with Crippen LogP contribution in [0, 0.1) is 11.3 Å². The smallest absolute Gasteiger partial charge is 0.309 e. The van der Waals surface area contributed by atoms with E-state index in [9.17, 15) is 19.5 Å². The quantitative estimate of drug-likeness (QED) is 0.339. The highest BCUT2D eigenvalue weighted by Crippen LogP contribution is 2.45. The van der Waals surface area contributed by atoms with Gasteiger partial charge >= 0.3 is 11.9 Å². The van der Waals surface area contributed by atoms with Gasteiger partial charge in [0.25, 0.3) is 0 Å². The van der Waals surface area contributed by atoms with Crippen molar-refractivity contribution in [3.63, 3.8) is 0 Å². The zero-order valence-electron chi connectivity index (χ0n) is 21.4. The van der Waals surface area contributed by atoms with Crippen molar-refractivity contribution < 1.29 is 29.0 Å². The number of carboxylic acid groups (broad SMARTS) is 1. The predicted molar refractivity (Wildman–Crippen MR) is 135 cm³/mol. The van der Waals surface area contributed by atoms with E-state index in [1.165, 1.54) is 0 Å². The van der Waals surface area contributed by atoms with E-state index in [-0.39, 0.29) is 37.4 Å². The first kappa shape index (κ1) is 29.1. The summed E-state index contributed by atoms with van der Waals surface area (Å²) in [5, 5.41) is 13.0. The molecule has 1 aromatic rings. The molecule has 2 atom stereocenters. The monoisotopic (exact) mass is 509 g/mol. The fourth-order valence-electron chi connectivity index (χ4n) is 4.68. The normalized spacial score (nSPS) is 16.9. The molecule has 1 aromatic carbocycles. The van der Waals surface area contributed by atoms with Crippen LogP contribution in [0.1, 0.15) is 84.6 Å². The number of hydrogen-bond acceptors (Lipinski definition) is 5. The second kappa shape index (κ2) is 13.3. The molecule has 2 N–H and O–H groups in total. The van der Waals surface area contributed by atoms with E-state index in [4.69, 9.17) is 21.1 Å². The standard InChI is InChI=1S/C27H40ClNO6/c1-5-8-20(24(32)35-26(2,3)4)16-27(13-6-7-14-27)25(33)29-22(15-23(30)31)18-34-17-19-9-11-21(28)12-10-19/h9-12,20,22H,5-8,13-18H2,1-4H3,(H,29,33)(H,30,31)/t20-,22-/m1/s1.